The molecule has 0 aliphatic rings. The Morgan fingerprint density at radius 1 is 1.05 bits per heavy atom. The van der Waals surface area contributed by atoms with E-state index in [1.165, 1.54) is 0 Å². The van der Waals surface area contributed by atoms with E-state index >= 15 is 0 Å². The maximum Gasteiger partial charge on any atom is 0.164 e. The maximum atomic E-state index is 5.39. The van der Waals surface area contributed by atoms with Crippen LogP contribution in [0, 0.1) is 0 Å². The molecule has 0 amide bonds. The molecule has 0 fully saturated rings. The molecule has 0 heterocycles. The first-order valence-corrected chi connectivity index (χ1v) is 7.47. The van der Waals surface area contributed by atoms with Crippen molar-refractivity contribution in [2.24, 2.45) is 0 Å². The van der Waals surface area contributed by atoms with Crippen molar-refractivity contribution in [1.29, 1.82) is 0 Å². The van der Waals surface area contributed by atoms with Crippen molar-refractivity contribution >= 4 is 11.8 Å². The lowest BCUT2D eigenvalue weighted by Crippen LogP contribution is -2.22. The highest BCUT2D eigenvalue weighted by molar-refractivity contribution is 7.99. The summed E-state index contributed by atoms with van der Waals surface area (Å²) in [7, 11) is 4.92. The van der Waals surface area contributed by atoms with Crippen LogP contribution in [0.5, 0.6) is 17.2 Å². The molecule has 1 aromatic rings. The number of benzene rings is 1. The standard InChI is InChI=1S/C14H23NO3S/c1-10(19-5)8-15-9-11-6-13(17-3)14(18-4)7-12(11)16-2/h6-7,10,15H,8-9H2,1-5H3. The second kappa shape index (κ2) is 8.17. The van der Waals surface area contributed by atoms with Crippen molar-refractivity contribution in [3.05, 3.63) is 17.7 Å². The first-order valence-electron chi connectivity index (χ1n) is 6.18. The third-order valence-electron chi connectivity index (χ3n) is 2.94. The average Bonchev–Trinajstić information content (AvgIpc) is 2.46. The van der Waals surface area contributed by atoms with Crippen LogP contribution in [-0.4, -0.2) is 39.4 Å². The van der Waals surface area contributed by atoms with Crippen molar-refractivity contribution in [1.82, 2.24) is 5.32 Å². The van der Waals surface area contributed by atoms with Crippen molar-refractivity contribution in [2.45, 2.75) is 18.7 Å². The molecule has 19 heavy (non-hydrogen) atoms. The van der Waals surface area contributed by atoms with E-state index in [0.29, 0.717) is 11.0 Å². The van der Waals surface area contributed by atoms with Gasteiger partial charge in [-0.2, -0.15) is 11.8 Å². The SMILES string of the molecule is COc1cc(OC)c(OC)cc1CNCC(C)SC. The summed E-state index contributed by atoms with van der Waals surface area (Å²) in [4.78, 5) is 0. The fourth-order valence-corrected chi connectivity index (χ4v) is 2.01. The van der Waals surface area contributed by atoms with Crippen LogP contribution in [0.25, 0.3) is 0 Å². The molecule has 0 radical (unpaired) electrons. The third-order valence-corrected chi connectivity index (χ3v) is 3.91. The molecule has 0 spiro atoms. The molecular formula is C14H23NO3S. The average molecular weight is 285 g/mol. The zero-order valence-electron chi connectivity index (χ0n) is 12.3. The van der Waals surface area contributed by atoms with E-state index in [0.717, 1.165) is 30.2 Å². The summed E-state index contributed by atoms with van der Waals surface area (Å²) in [5.41, 5.74) is 1.06. The zero-order chi connectivity index (χ0) is 14.3. The first-order chi connectivity index (χ1) is 9.15. The minimum absolute atomic E-state index is 0.589. The molecule has 0 aliphatic heterocycles. The summed E-state index contributed by atoms with van der Waals surface area (Å²) in [5, 5.41) is 4.01. The number of nitrogens with one attached hydrogen (secondary N) is 1. The quantitative estimate of drug-likeness (QED) is 0.795. The van der Waals surface area contributed by atoms with E-state index in [-0.39, 0.29) is 0 Å². The van der Waals surface area contributed by atoms with Crippen LogP contribution in [0.15, 0.2) is 12.1 Å². The highest BCUT2D eigenvalue weighted by Crippen LogP contribution is 2.34. The number of hydrogen-bond donors (Lipinski definition) is 1. The van der Waals surface area contributed by atoms with Gasteiger partial charge in [-0.1, -0.05) is 6.92 Å². The lowest BCUT2D eigenvalue weighted by molar-refractivity contribution is 0.347. The molecular weight excluding hydrogens is 262 g/mol. The summed E-state index contributed by atoms with van der Waals surface area (Å²) in [6, 6.07) is 3.81. The van der Waals surface area contributed by atoms with Gasteiger partial charge in [-0.15, -0.1) is 0 Å². The molecule has 0 saturated carbocycles. The molecule has 0 aromatic heterocycles. The van der Waals surface area contributed by atoms with Crippen LogP contribution in [0.1, 0.15) is 12.5 Å². The van der Waals surface area contributed by atoms with Gasteiger partial charge in [0.15, 0.2) is 11.5 Å². The molecule has 1 rings (SSSR count). The maximum absolute atomic E-state index is 5.39. The number of thioether (sulfide) groups is 1. The minimum atomic E-state index is 0.589. The fraction of sp³-hybridized carbons (Fsp3) is 0.571. The Morgan fingerprint density at radius 3 is 2.16 bits per heavy atom. The molecule has 1 atom stereocenters. The predicted molar refractivity (Wildman–Crippen MR) is 80.8 cm³/mol. The summed E-state index contributed by atoms with van der Waals surface area (Å²) >= 11 is 1.85. The first kappa shape index (κ1) is 16.0. The van der Waals surface area contributed by atoms with Crippen LogP contribution in [0.4, 0.5) is 0 Å². The number of rotatable bonds is 8. The van der Waals surface area contributed by atoms with Gasteiger partial charge in [0.05, 0.1) is 21.3 Å². The van der Waals surface area contributed by atoms with Crippen LogP contribution in [-0.2, 0) is 6.54 Å². The smallest absolute Gasteiger partial charge is 0.164 e. The second-order valence-electron chi connectivity index (χ2n) is 4.20. The van der Waals surface area contributed by atoms with E-state index in [1.54, 1.807) is 21.3 Å². The van der Waals surface area contributed by atoms with Gasteiger partial charge < -0.3 is 19.5 Å². The minimum Gasteiger partial charge on any atom is -0.496 e. The topological polar surface area (TPSA) is 39.7 Å². The Bertz CT molecular complexity index is 399. The van der Waals surface area contributed by atoms with E-state index in [2.05, 4.69) is 18.5 Å². The van der Waals surface area contributed by atoms with Gasteiger partial charge in [0.2, 0.25) is 0 Å². The Balaban J connectivity index is 2.80. The molecule has 0 saturated heterocycles. The monoisotopic (exact) mass is 285 g/mol. The molecule has 0 bridgehead atoms. The normalized spacial score (nSPS) is 12.1. The summed E-state index contributed by atoms with van der Waals surface area (Å²) < 4.78 is 16.0. The van der Waals surface area contributed by atoms with Gasteiger partial charge >= 0.3 is 0 Å². The number of methoxy groups -OCH3 is 3. The van der Waals surface area contributed by atoms with Crippen LogP contribution in [0.3, 0.4) is 0 Å². The summed E-state index contributed by atoms with van der Waals surface area (Å²) in [6.45, 7) is 3.90. The molecule has 108 valence electrons. The number of hydrogen-bond acceptors (Lipinski definition) is 5. The molecule has 0 aliphatic carbocycles. The molecule has 1 aromatic carbocycles. The second-order valence-corrected chi connectivity index (χ2v) is 5.47. The van der Waals surface area contributed by atoms with Crippen molar-refractivity contribution in [3.63, 3.8) is 0 Å². The third kappa shape index (κ3) is 4.51. The van der Waals surface area contributed by atoms with Gasteiger partial charge in [-0.3, -0.25) is 0 Å². The molecule has 1 N–H and O–H groups in total. The van der Waals surface area contributed by atoms with Crippen molar-refractivity contribution in [3.8, 4) is 17.2 Å². The molecule has 1 unspecified atom stereocenters. The summed E-state index contributed by atoms with van der Waals surface area (Å²) in [5.74, 6) is 2.21. The van der Waals surface area contributed by atoms with E-state index < -0.39 is 0 Å². The van der Waals surface area contributed by atoms with Crippen molar-refractivity contribution in [2.75, 3.05) is 34.1 Å². The van der Waals surface area contributed by atoms with Gasteiger partial charge in [-0.25, -0.2) is 0 Å². The number of ether oxygens (including phenoxy) is 3. The van der Waals surface area contributed by atoms with Gasteiger partial charge in [-0.05, 0) is 12.3 Å². The lowest BCUT2D eigenvalue weighted by atomic mass is 10.1. The molecule has 4 nitrogen and oxygen atoms in total. The van der Waals surface area contributed by atoms with E-state index in [1.807, 2.05) is 23.9 Å². The van der Waals surface area contributed by atoms with E-state index in [4.69, 9.17) is 14.2 Å². The fourth-order valence-electron chi connectivity index (χ4n) is 1.72. The van der Waals surface area contributed by atoms with Crippen LogP contribution >= 0.6 is 11.8 Å². The van der Waals surface area contributed by atoms with Gasteiger partial charge in [0.25, 0.3) is 0 Å². The van der Waals surface area contributed by atoms with E-state index in [9.17, 15) is 0 Å². The lowest BCUT2D eigenvalue weighted by Gasteiger charge is -2.15. The highest BCUT2D eigenvalue weighted by atomic mass is 32.2. The Hall–Kier alpha value is -1.07. The van der Waals surface area contributed by atoms with Gasteiger partial charge in [0, 0.05) is 30.0 Å². The van der Waals surface area contributed by atoms with Gasteiger partial charge in [0.1, 0.15) is 5.75 Å². The Kier molecular flexibility index (Phi) is 6.87. The Morgan fingerprint density at radius 2 is 1.63 bits per heavy atom. The highest BCUT2D eigenvalue weighted by Gasteiger charge is 2.11. The largest absolute Gasteiger partial charge is 0.496 e. The van der Waals surface area contributed by atoms with Crippen molar-refractivity contribution < 1.29 is 14.2 Å². The Labute approximate surface area is 119 Å². The predicted octanol–water partition coefficient (Wildman–Crippen LogP) is 2.55. The van der Waals surface area contributed by atoms with Crippen LogP contribution < -0.4 is 19.5 Å². The zero-order valence-corrected chi connectivity index (χ0v) is 13.1. The van der Waals surface area contributed by atoms with Crippen LogP contribution in [0.2, 0.25) is 0 Å². The summed E-state index contributed by atoms with van der Waals surface area (Å²) in [6.07, 6.45) is 2.11. The molecule has 5 heteroatoms.